The van der Waals surface area contributed by atoms with E-state index in [4.69, 9.17) is 4.52 Å². The van der Waals surface area contributed by atoms with Gasteiger partial charge in [0.2, 0.25) is 11.9 Å². The molecule has 2 aromatic heterocycles. The molecule has 8 heteroatoms. The summed E-state index contributed by atoms with van der Waals surface area (Å²) < 4.78 is 5.09. The van der Waals surface area contributed by atoms with Crippen LogP contribution in [0.5, 0.6) is 0 Å². The molecule has 1 N–H and O–H groups in total. The fraction of sp³-hybridized carbons (Fsp3) is 0.500. The molecule has 0 bridgehead atoms. The summed E-state index contributed by atoms with van der Waals surface area (Å²) in [5, 5.41) is 7.08. The minimum absolute atomic E-state index is 0.162. The van der Waals surface area contributed by atoms with Gasteiger partial charge in [-0.3, -0.25) is 9.69 Å². The van der Waals surface area contributed by atoms with Crippen LogP contribution in [0.25, 0.3) is 0 Å². The van der Waals surface area contributed by atoms with E-state index in [-0.39, 0.29) is 5.91 Å². The van der Waals surface area contributed by atoms with Crippen molar-refractivity contribution in [1.29, 1.82) is 0 Å². The largest absolute Gasteiger partial charge is 0.361 e. The van der Waals surface area contributed by atoms with Crippen LogP contribution in [0.1, 0.15) is 17.9 Å². The van der Waals surface area contributed by atoms with E-state index in [1.807, 2.05) is 17.9 Å². The number of nitrogens with one attached hydrogen (secondary N) is 1. The van der Waals surface area contributed by atoms with Crippen LogP contribution >= 0.6 is 0 Å². The summed E-state index contributed by atoms with van der Waals surface area (Å²) in [5.74, 6) is 1.54. The average molecular weight is 330 g/mol. The summed E-state index contributed by atoms with van der Waals surface area (Å²) in [6.07, 6.45) is 3.79. The zero-order valence-corrected chi connectivity index (χ0v) is 13.8. The molecule has 0 atom stereocenters. The Bertz CT molecular complexity index is 652. The number of aryl methyl sites for hydroxylation is 1. The second-order valence-corrected chi connectivity index (χ2v) is 5.84. The average Bonchev–Trinajstić information content (AvgIpc) is 3.01. The first-order valence-electron chi connectivity index (χ1n) is 8.14. The van der Waals surface area contributed by atoms with Crippen molar-refractivity contribution in [2.24, 2.45) is 0 Å². The number of anilines is 1. The number of carbonyl (C=O) groups excluding carboxylic acids is 1. The topological polar surface area (TPSA) is 87.4 Å². The van der Waals surface area contributed by atoms with Gasteiger partial charge in [0, 0.05) is 64.1 Å². The van der Waals surface area contributed by atoms with Gasteiger partial charge in [0.25, 0.3) is 0 Å². The zero-order chi connectivity index (χ0) is 16.8. The standard InChI is InChI=1S/C16H22N6O2/c1-13-11-14(20-24-13)12-21-7-9-22(10-8-21)15(23)3-6-19-16-17-4-2-5-18-16/h2,4-5,11H,3,6-10,12H2,1H3,(H,17,18,19). The number of hydrogen-bond acceptors (Lipinski definition) is 7. The number of amides is 1. The Balaban J connectivity index is 1.37. The van der Waals surface area contributed by atoms with Gasteiger partial charge in [-0.15, -0.1) is 0 Å². The Morgan fingerprint density at radius 3 is 2.67 bits per heavy atom. The molecule has 3 rings (SSSR count). The Morgan fingerprint density at radius 2 is 2.00 bits per heavy atom. The molecule has 0 radical (unpaired) electrons. The summed E-state index contributed by atoms with van der Waals surface area (Å²) in [4.78, 5) is 24.6. The molecule has 1 amide bonds. The lowest BCUT2D eigenvalue weighted by atomic mass is 10.2. The number of piperazine rings is 1. The van der Waals surface area contributed by atoms with Gasteiger partial charge in [0.1, 0.15) is 5.76 Å². The molecule has 0 aliphatic carbocycles. The van der Waals surface area contributed by atoms with Crippen LogP contribution in [0.2, 0.25) is 0 Å². The van der Waals surface area contributed by atoms with E-state index < -0.39 is 0 Å². The minimum atomic E-state index is 0.162. The van der Waals surface area contributed by atoms with Crippen LogP contribution in [0.3, 0.4) is 0 Å². The predicted molar refractivity (Wildman–Crippen MR) is 88.2 cm³/mol. The molecule has 0 unspecified atom stereocenters. The maximum absolute atomic E-state index is 12.3. The van der Waals surface area contributed by atoms with Crippen LogP contribution in [0, 0.1) is 6.92 Å². The first-order valence-corrected chi connectivity index (χ1v) is 8.14. The fourth-order valence-electron chi connectivity index (χ4n) is 2.71. The van der Waals surface area contributed by atoms with E-state index in [2.05, 4.69) is 25.3 Å². The molecule has 1 aliphatic rings. The molecule has 128 valence electrons. The number of hydrogen-bond donors (Lipinski definition) is 1. The monoisotopic (exact) mass is 330 g/mol. The van der Waals surface area contributed by atoms with Crippen molar-refractivity contribution in [2.75, 3.05) is 38.0 Å². The number of rotatable bonds is 6. The van der Waals surface area contributed by atoms with E-state index >= 15 is 0 Å². The third kappa shape index (κ3) is 4.51. The first-order chi connectivity index (χ1) is 11.7. The summed E-state index contributed by atoms with van der Waals surface area (Å²) in [6, 6.07) is 3.71. The van der Waals surface area contributed by atoms with Crippen LogP contribution in [-0.2, 0) is 11.3 Å². The van der Waals surface area contributed by atoms with Crippen molar-refractivity contribution in [2.45, 2.75) is 19.9 Å². The lowest BCUT2D eigenvalue weighted by molar-refractivity contribution is -0.132. The highest BCUT2D eigenvalue weighted by atomic mass is 16.5. The molecule has 0 saturated carbocycles. The second-order valence-electron chi connectivity index (χ2n) is 5.84. The van der Waals surface area contributed by atoms with Gasteiger partial charge in [-0.05, 0) is 13.0 Å². The molecule has 1 aliphatic heterocycles. The smallest absolute Gasteiger partial charge is 0.224 e. The zero-order valence-electron chi connectivity index (χ0n) is 13.8. The molecule has 0 aromatic carbocycles. The van der Waals surface area contributed by atoms with Gasteiger partial charge in [0.05, 0.1) is 5.69 Å². The number of carbonyl (C=O) groups is 1. The van der Waals surface area contributed by atoms with Gasteiger partial charge < -0.3 is 14.7 Å². The third-order valence-electron chi connectivity index (χ3n) is 3.98. The summed E-state index contributed by atoms with van der Waals surface area (Å²) >= 11 is 0. The Labute approximate surface area is 140 Å². The van der Waals surface area contributed by atoms with E-state index in [9.17, 15) is 4.79 Å². The maximum Gasteiger partial charge on any atom is 0.224 e. The van der Waals surface area contributed by atoms with E-state index in [1.54, 1.807) is 18.5 Å². The maximum atomic E-state index is 12.3. The van der Waals surface area contributed by atoms with Crippen molar-refractivity contribution in [3.63, 3.8) is 0 Å². The lowest BCUT2D eigenvalue weighted by Gasteiger charge is -2.34. The van der Waals surface area contributed by atoms with Crippen molar-refractivity contribution >= 4 is 11.9 Å². The molecular formula is C16H22N6O2. The molecule has 2 aromatic rings. The van der Waals surface area contributed by atoms with Gasteiger partial charge in [-0.2, -0.15) is 0 Å². The van der Waals surface area contributed by atoms with Crippen LogP contribution < -0.4 is 5.32 Å². The van der Waals surface area contributed by atoms with E-state index in [0.29, 0.717) is 18.9 Å². The summed E-state index contributed by atoms with van der Waals surface area (Å²) in [5.41, 5.74) is 0.944. The molecule has 3 heterocycles. The summed E-state index contributed by atoms with van der Waals surface area (Å²) in [6.45, 7) is 6.41. The van der Waals surface area contributed by atoms with E-state index in [0.717, 1.165) is 44.2 Å². The van der Waals surface area contributed by atoms with Crippen molar-refractivity contribution < 1.29 is 9.32 Å². The number of aromatic nitrogens is 3. The highest BCUT2D eigenvalue weighted by molar-refractivity contribution is 5.76. The normalized spacial score (nSPS) is 15.5. The summed E-state index contributed by atoms with van der Waals surface area (Å²) in [7, 11) is 0. The van der Waals surface area contributed by atoms with Gasteiger partial charge in [0.15, 0.2) is 0 Å². The Morgan fingerprint density at radius 1 is 1.25 bits per heavy atom. The second kappa shape index (κ2) is 7.87. The molecule has 8 nitrogen and oxygen atoms in total. The van der Waals surface area contributed by atoms with E-state index in [1.165, 1.54) is 0 Å². The van der Waals surface area contributed by atoms with Gasteiger partial charge in [-0.25, -0.2) is 9.97 Å². The molecule has 1 fully saturated rings. The van der Waals surface area contributed by atoms with Crippen molar-refractivity contribution in [1.82, 2.24) is 24.9 Å². The molecular weight excluding hydrogens is 308 g/mol. The van der Waals surface area contributed by atoms with Crippen LogP contribution in [0.15, 0.2) is 29.0 Å². The molecule has 0 spiro atoms. The highest BCUT2D eigenvalue weighted by Crippen LogP contribution is 2.10. The SMILES string of the molecule is Cc1cc(CN2CCN(C(=O)CCNc3ncccn3)CC2)no1. The predicted octanol–water partition coefficient (Wildman–Crippen LogP) is 0.919. The van der Waals surface area contributed by atoms with Gasteiger partial charge >= 0.3 is 0 Å². The van der Waals surface area contributed by atoms with Gasteiger partial charge in [-0.1, -0.05) is 5.16 Å². The first kappa shape index (κ1) is 16.4. The lowest BCUT2D eigenvalue weighted by Crippen LogP contribution is -2.48. The fourth-order valence-corrected chi connectivity index (χ4v) is 2.71. The Hall–Kier alpha value is -2.48. The van der Waals surface area contributed by atoms with Crippen molar-refractivity contribution in [3.05, 3.63) is 36.0 Å². The quantitative estimate of drug-likeness (QED) is 0.842. The highest BCUT2D eigenvalue weighted by Gasteiger charge is 2.21. The Kier molecular flexibility index (Phi) is 5.37. The molecule has 1 saturated heterocycles. The number of nitrogens with zero attached hydrogens (tertiary/aromatic N) is 5. The minimum Gasteiger partial charge on any atom is -0.361 e. The molecule has 24 heavy (non-hydrogen) atoms. The van der Waals surface area contributed by atoms with Crippen LogP contribution in [-0.4, -0.2) is 63.6 Å². The van der Waals surface area contributed by atoms with Crippen LogP contribution in [0.4, 0.5) is 5.95 Å². The van der Waals surface area contributed by atoms with Crippen molar-refractivity contribution in [3.8, 4) is 0 Å². The third-order valence-corrected chi connectivity index (χ3v) is 3.98.